The summed E-state index contributed by atoms with van der Waals surface area (Å²) in [6, 6.07) is 0. The third kappa shape index (κ3) is 6.54. The van der Waals surface area contributed by atoms with Crippen molar-refractivity contribution in [3.05, 3.63) is 12.2 Å². The van der Waals surface area contributed by atoms with Crippen molar-refractivity contribution in [3.63, 3.8) is 0 Å². The first-order valence-corrected chi connectivity index (χ1v) is 7.12. The van der Waals surface area contributed by atoms with Crippen LogP contribution in [0.1, 0.15) is 58.8 Å². The maximum absolute atomic E-state index is 9.57. The van der Waals surface area contributed by atoms with E-state index in [1.165, 1.54) is 32.1 Å². The van der Waals surface area contributed by atoms with Gasteiger partial charge in [-0.05, 0) is 43.6 Å². The highest BCUT2D eigenvalue weighted by molar-refractivity contribution is 5.18. The molecule has 0 aromatic carbocycles. The molecule has 0 heterocycles. The Labute approximate surface area is 106 Å². The van der Waals surface area contributed by atoms with Gasteiger partial charge in [0.05, 0.1) is 0 Å². The van der Waals surface area contributed by atoms with E-state index < -0.39 is 6.10 Å². The van der Waals surface area contributed by atoms with E-state index in [9.17, 15) is 5.11 Å². The summed E-state index contributed by atoms with van der Waals surface area (Å²) < 4.78 is 0. The molecule has 1 unspecified atom stereocenters. The molecule has 0 saturated heterocycles. The van der Waals surface area contributed by atoms with Crippen molar-refractivity contribution in [2.45, 2.75) is 64.9 Å². The Morgan fingerprint density at radius 2 is 2.12 bits per heavy atom. The first-order valence-electron chi connectivity index (χ1n) is 7.12. The number of aliphatic hydroxyl groups excluding tert-OH is 1. The van der Waals surface area contributed by atoms with Crippen molar-refractivity contribution >= 4 is 0 Å². The molecule has 1 nitrogen and oxygen atoms in total. The molecule has 3 atom stereocenters. The van der Waals surface area contributed by atoms with Crippen LogP contribution < -0.4 is 0 Å². The van der Waals surface area contributed by atoms with Crippen LogP contribution >= 0.6 is 0 Å². The van der Waals surface area contributed by atoms with Crippen LogP contribution in [-0.4, -0.2) is 11.2 Å². The summed E-state index contributed by atoms with van der Waals surface area (Å²) in [7, 11) is 0. The van der Waals surface area contributed by atoms with Gasteiger partial charge in [-0.3, -0.25) is 0 Å². The van der Waals surface area contributed by atoms with Crippen molar-refractivity contribution in [1.29, 1.82) is 0 Å². The quantitative estimate of drug-likeness (QED) is 0.523. The molecule has 1 aliphatic rings. The van der Waals surface area contributed by atoms with Crippen molar-refractivity contribution < 1.29 is 5.11 Å². The smallest absolute Gasteiger partial charge is 0.115 e. The highest BCUT2D eigenvalue weighted by Crippen LogP contribution is 2.43. The topological polar surface area (TPSA) is 20.2 Å². The molecular formula is C16H26O. The molecule has 0 spiro atoms. The van der Waals surface area contributed by atoms with Gasteiger partial charge in [0.2, 0.25) is 0 Å². The van der Waals surface area contributed by atoms with E-state index in [1.807, 2.05) is 6.08 Å². The number of rotatable bonds is 7. The Kier molecular flexibility index (Phi) is 7.05. The zero-order chi connectivity index (χ0) is 12.5. The molecule has 0 amide bonds. The van der Waals surface area contributed by atoms with E-state index in [0.29, 0.717) is 0 Å². The monoisotopic (exact) mass is 234 g/mol. The lowest BCUT2D eigenvalue weighted by Crippen LogP contribution is -2.01. The Morgan fingerprint density at radius 1 is 1.29 bits per heavy atom. The van der Waals surface area contributed by atoms with Crippen LogP contribution in [0.3, 0.4) is 0 Å². The normalized spacial score (nSPS) is 24.4. The predicted molar refractivity (Wildman–Crippen MR) is 73.6 cm³/mol. The SMILES string of the molecule is CCCCCC(O)C#C/C=C\C[C@H]1C[C@H]1CC. The fourth-order valence-electron chi connectivity index (χ4n) is 2.20. The zero-order valence-electron chi connectivity index (χ0n) is 11.3. The molecule has 1 saturated carbocycles. The first-order chi connectivity index (χ1) is 8.27. The Morgan fingerprint density at radius 3 is 2.76 bits per heavy atom. The largest absolute Gasteiger partial charge is 0.380 e. The lowest BCUT2D eigenvalue weighted by Gasteiger charge is -2.00. The van der Waals surface area contributed by atoms with Gasteiger partial charge in [0.1, 0.15) is 6.10 Å². The standard InChI is InChI=1S/C16H26O/c1-3-5-7-11-16(17)12-9-6-8-10-15-13-14(15)4-2/h6,8,14-17H,3-5,7,10-11,13H2,1-2H3/b8-6-/t14-,15+,16?/m1/s1. The summed E-state index contributed by atoms with van der Waals surface area (Å²) in [5.41, 5.74) is 0. The second-order valence-electron chi connectivity index (χ2n) is 5.10. The third-order valence-electron chi connectivity index (χ3n) is 3.56. The number of aliphatic hydroxyl groups is 1. The van der Waals surface area contributed by atoms with Crippen LogP contribution in [0.4, 0.5) is 0 Å². The van der Waals surface area contributed by atoms with Crippen LogP contribution in [0.25, 0.3) is 0 Å². The van der Waals surface area contributed by atoms with Gasteiger partial charge < -0.3 is 5.11 Å². The zero-order valence-corrected chi connectivity index (χ0v) is 11.3. The Bertz CT molecular complexity index is 282. The fraction of sp³-hybridized carbons (Fsp3) is 0.750. The molecule has 1 N–H and O–H groups in total. The minimum atomic E-state index is -0.435. The van der Waals surface area contributed by atoms with Gasteiger partial charge in [0.15, 0.2) is 0 Å². The van der Waals surface area contributed by atoms with Crippen LogP contribution in [-0.2, 0) is 0 Å². The van der Waals surface area contributed by atoms with Crippen LogP contribution in [0, 0.1) is 23.7 Å². The maximum atomic E-state index is 9.57. The van der Waals surface area contributed by atoms with Gasteiger partial charge in [0.25, 0.3) is 0 Å². The lowest BCUT2D eigenvalue weighted by atomic mass is 10.1. The summed E-state index contributed by atoms with van der Waals surface area (Å²) in [6.07, 6.45) is 11.8. The van der Waals surface area contributed by atoms with Crippen molar-refractivity contribution in [1.82, 2.24) is 0 Å². The van der Waals surface area contributed by atoms with E-state index in [4.69, 9.17) is 0 Å². The maximum Gasteiger partial charge on any atom is 0.115 e. The van der Waals surface area contributed by atoms with Crippen LogP contribution in [0.5, 0.6) is 0 Å². The Hall–Kier alpha value is -0.740. The summed E-state index contributed by atoms with van der Waals surface area (Å²) in [5, 5.41) is 9.57. The van der Waals surface area contributed by atoms with Gasteiger partial charge in [-0.1, -0.05) is 51.0 Å². The van der Waals surface area contributed by atoms with Crippen LogP contribution in [0.2, 0.25) is 0 Å². The summed E-state index contributed by atoms with van der Waals surface area (Å²) in [6.45, 7) is 4.43. The van der Waals surface area contributed by atoms with Crippen molar-refractivity contribution in [3.8, 4) is 11.8 Å². The highest BCUT2D eigenvalue weighted by Gasteiger charge is 2.33. The van der Waals surface area contributed by atoms with E-state index in [-0.39, 0.29) is 0 Å². The molecule has 0 bridgehead atoms. The van der Waals surface area contributed by atoms with E-state index >= 15 is 0 Å². The molecule has 1 aliphatic carbocycles. The van der Waals surface area contributed by atoms with Gasteiger partial charge in [-0.15, -0.1) is 0 Å². The molecular weight excluding hydrogens is 208 g/mol. The van der Waals surface area contributed by atoms with E-state index in [1.54, 1.807) is 0 Å². The highest BCUT2D eigenvalue weighted by atomic mass is 16.3. The number of hydrogen-bond acceptors (Lipinski definition) is 1. The van der Waals surface area contributed by atoms with Gasteiger partial charge in [-0.25, -0.2) is 0 Å². The van der Waals surface area contributed by atoms with Crippen molar-refractivity contribution in [2.24, 2.45) is 11.8 Å². The summed E-state index contributed by atoms with van der Waals surface area (Å²) in [4.78, 5) is 0. The second-order valence-corrected chi connectivity index (χ2v) is 5.10. The first kappa shape index (κ1) is 14.3. The van der Waals surface area contributed by atoms with Gasteiger partial charge in [-0.2, -0.15) is 0 Å². The molecule has 0 aliphatic heterocycles. The lowest BCUT2D eigenvalue weighted by molar-refractivity contribution is 0.217. The summed E-state index contributed by atoms with van der Waals surface area (Å²) in [5.74, 6) is 7.70. The second kappa shape index (κ2) is 8.37. The molecule has 0 aromatic heterocycles. The molecule has 17 heavy (non-hydrogen) atoms. The number of allylic oxidation sites excluding steroid dienone is 2. The third-order valence-corrected chi connectivity index (χ3v) is 3.56. The molecule has 1 heteroatoms. The molecule has 0 radical (unpaired) electrons. The van der Waals surface area contributed by atoms with Crippen molar-refractivity contribution in [2.75, 3.05) is 0 Å². The van der Waals surface area contributed by atoms with E-state index in [2.05, 4.69) is 31.8 Å². The average Bonchev–Trinajstić information content (AvgIpc) is 3.08. The van der Waals surface area contributed by atoms with Gasteiger partial charge in [0, 0.05) is 0 Å². The van der Waals surface area contributed by atoms with Gasteiger partial charge >= 0.3 is 0 Å². The molecule has 0 aromatic rings. The average molecular weight is 234 g/mol. The Balaban J connectivity index is 2.06. The molecule has 96 valence electrons. The minimum Gasteiger partial charge on any atom is -0.380 e. The summed E-state index contributed by atoms with van der Waals surface area (Å²) >= 11 is 0. The number of unbranched alkanes of at least 4 members (excludes halogenated alkanes) is 2. The minimum absolute atomic E-state index is 0.435. The number of hydrogen-bond donors (Lipinski definition) is 1. The van der Waals surface area contributed by atoms with E-state index in [0.717, 1.165) is 24.7 Å². The predicted octanol–water partition coefficient (Wildman–Crippen LogP) is 3.92. The fourth-order valence-corrected chi connectivity index (χ4v) is 2.20. The van der Waals surface area contributed by atoms with Crippen LogP contribution in [0.15, 0.2) is 12.2 Å². The molecule has 1 rings (SSSR count). The molecule has 1 fully saturated rings.